The molecular weight excluding hydrogens is 330 g/mol. The molecule has 0 spiro atoms. The van der Waals surface area contributed by atoms with E-state index in [-0.39, 0.29) is 12.3 Å². The Balaban J connectivity index is 1.96. The molecule has 0 unspecified atom stereocenters. The highest BCUT2D eigenvalue weighted by molar-refractivity contribution is 6.02. The van der Waals surface area contributed by atoms with Crippen molar-refractivity contribution in [3.05, 3.63) is 71.6 Å². The molecule has 6 nitrogen and oxygen atoms in total. The maximum atomic E-state index is 13.0. The minimum Gasteiger partial charge on any atom is -0.481 e. The van der Waals surface area contributed by atoms with Crippen LogP contribution in [0.3, 0.4) is 0 Å². The third kappa shape index (κ3) is 3.69. The number of hydrogen-bond acceptors (Lipinski definition) is 4. The average molecular weight is 351 g/mol. The van der Waals surface area contributed by atoms with Gasteiger partial charge < -0.3 is 20.6 Å². The molecule has 3 N–H and O–H groups in total. The number of rotatable bonds is 5. The molecule has 0 aliphatic carbocycles. The van der Waals surface area contributed by atoms with Crippen molar-refractivity contribution >= 4 is 23.3 Å². The lowest BCUT2D eigenvalue weighted by atomic mass is 10.1. The summed E-state index contributed by atoms with van der Waals surface area (Å²) in [5.74, 6) is -1.13. The van der Waals surface area contributed by atoms with Gasteiger partial charge in [-0.25, -0.2) is 0 Å². The van der Waals surface area contributed by atoms with E-state index in [1.807, 2.05) is 30.3 Å². The number of nitrogens with two attached hydrogens (primary N) is 1. The molecule has 6 heteroatoms. The first-order valence-corrected chi connectivity index (χ1v) is 8.36. The molecule has 1 aliphatic rings. The predicted octanol–water partition coefficient (Wildman–Crippen LogP) is 2.72. The van der Waals surface area contributed by atoms with Gasteiger partial charge in [-0.3, -0.25) is 9.59 Å². The van der Waals surface area contributed by atoms with Crippen LogP contribution in [0.2, 0.25) is 0 Å². The summed E-state index contributed by atoms with van der Waals surface area (Å²) >= 11 is 0. The summed E-state index contributed by atoms with van der Waals surface area (Å²) in [5, 5.41) is 9.24. The number of fused-ring (bicyclic) bond motifs is 1. The number of nitrogen functional groups attached to an aromatic ring is 1. The van der Waals surface area contributed by atoms with Gasteiger partial charge in [-0.2, -0.15) is 0 Å². The zero-order valence-corrected chi connectivity index (χ0v) is 14.6. The molecule has 0 aromatic heterocycles. The zero-order valence-electron chi connectivity index (χ0n) is 14.6. The van der Waals surface area contributed by atoms with Crippen molar-refractivity contribution in [2.24, 2.45) is 0 Å². The molecule has 0 saturated carbocycles. The molecule has 2 aromatic carbocycles. The fraction of sp³-hybridized carbons (Fsp3) is 0.200. The minimum atomic E-state index is -0.947. The van der Waals surface area contributed by atoms with Gasteiger partial charge in [0.1, 0.15) is 0 Å². The molecule has 26 heavy (non-hydrogen) atoms. The highest BCUT2D eigenvalue weighted by Crippen LogP contribution is 2.30. The van der Waals surface area contributed by atoms with Gasteiger partial charge in [0.15, 0.2) is 0 Å². The van der Waals surface area contributed by atoms with Crippen LogP contribution in [-0.2, 0) is 11.2 Å². The van der Waals surface area contributed by atoms with Crippen LogP contribution in [0.15, 0.2) is 60.4 Å². The summed E-state index contributed by atoms with van der Waals surface area (Å²) in [5.41, 5.74) is 9.14. The molecule has 1 aliphatic heterocycles. The number of amides is 1. The van der Waals surface area contributed by atoms with E-state index >= 15 is 0 Å². The highest BCUT2D eigenvalue weighted by Gasteiger charge is 2.26. The Morgan fingerprint density at radius 3 is 2.58 bits per heavy atom. The summed E-state index contributed by atoms with van der Waals surface area (Å²) in [6.45, 7) is 0.452. The quantitative estimate of drug-likeness (QED) is 0.809. The predicted molar refractivity (Wildman–Crippen MR) is 101 cm³/mol. The second-order valence-electron chi connectivity index (χ2n) is 6.26. The Hall–Kier alpha value is -3.28. The van der Waals surface area contributed by atoms with Crippen molar-refractivity contribution in [3.63, 3.8) is 0 Å². The van der Waals surface area contributed by atoms with Crippen molar-refractivity contribution in [1.82, 2.24) is 4.90 Å². The van der Waals surface area contributed by atoms with Crippen molar-refractivity contribution in [2.75, 3.05) is 24.2 Å². The molecule has 0 fully saturated rings. The van der Waals surface area contributed by atoms with Crippen LogP contribution in [0.5, 0.6) is 0 Å². The van der Waals surface area contributed by atoms with Gasteiger partial charge in [-0.05, 0) is 30.2 Å². The fourth-order valence-electron chi connectivity index (χ4n) is 3.03. The lowest BCUT2D eigenvalue weighted by Crippen LogP contribution is -2.28. The number of anilines is 2. The summed E-state index contributed by atoms with van der Waals surface area (Å²) in [7, 11) is 1.76. The normalized spacial score (nSPS) is 13.9. The third-order valence-electron chi connectivity index (χ3n) is 4.43. The number of carbonyl (C=O) groups excluding carboxylic acids is 1. The third-order valence-corrected chi connectivity index (χ3v) is 4.43. The van der Waals surface area contributed by atoms with Gasteiger partial charge in [0.05, 0.1) is 17.7 Å². The van der Waals surface area contributed by atoms with Crippen molar-refractivity contribution in [2.45, 2.75) is 12.8 Å². The number of carboxylic acids is 1. The van der Waals surface area contributed by atoms with E-state index in [9.17, 15) is 14.7 Å². The van der Waals surface area contributed by atoms with Crippen molar-refractivity contribution in [1.29, 1.82) is 0 Å². The Morgan fingerprint density at radius 2 is 1.88 bits per heavy atom. The van der Waals surface area contributed by atoms with Crippen LogP contribution in [-0.4, -0.2) is 35.5 Å². The van der Waals surface area contributed by atoms with Gasteiger partial charge in [-0.1, -0.05) is 30.3 Å². The van der Waals surface area contributed by atoms with Crippen LogP contribution < -0.4 is 10.6 Å². The monoisotopic (exact) mass is 351 g/mol. The van der Waals surface area contributed by atoms with Crippen LogP contribution >= 0.6 is 0 Å². The van der Waals surface area contributed by atoms with Gasteiger partial charge in [0.2, 0.25) is 0 Å². The van der Waals surface area contributed by atoms with Crippen LogP contribution in [0.4, 0.5) is 11.4 Å². The lowest BCUT2D eigenvalue weighted by Gasteiger charge is -2.21. The number of hydrogen-bond donors (Lipinski definition) is 2. The molecule has 2 aromatic rings. The molecule has 0 saturated heterocycles. The lowest BCUT2D eigenvalue weighted by molar-refractivity contribution is -0.136. The summed E-state index contributed by atoms with van der Waals surface area (Å²) < 4.78 is 0. The highest BCUT2D eigenvalue weighted by atomic mass is 16.4. The SMILES string of the molecule is CN1C(CC(=O)O)=CN(CCc2ccccc2)C(=O)c2cc(N)ccc21. The second-order valence-corrected chi connectivity index (χ2v) is 6.26. The fourth-order valence-corrected chi connectivity index (χ4v) is 3.03. The van der Waals surface area contributed by atoms with E-state index in [1.54, 1.807) is 41.2 Å². The van der Waals surface area contributed by atoms with Gasteiger partial charge in [0, 0.05) is 31.2 Å². The first kappa shape index (κ1) is 17.5. The molecule has 134 valence electrons. The Morgan fingerprint density at radius 1 is 1.15 bits per heavy atom. The van der Waals surface area contributed by atoms with E-state index in [0.29, 0.717) is 35.6 Å². The molecule has 0 bridgehead atoms. The molecular formula is C20H21N3O3. The van der Waals surface area contributed by atoms with E-state index in [4.69, 9.17) is 5.73 Å². The standard InChI is InChI=1S/C20H21N3O3/c1-22-16(12-19(24)25)13-23(10-9-14-5-3-2-4-6-14)20(26)17-11-15(21)7-8-18(17)22/h2-8,11,13H,9-10,12,21H2,1H3,(H,24,25). The van der Waals surface area contributed by atoms with E-state index < -0.39 is 5.97 Å². The van der Waals surface area contributed by atoms with Gasteiger partial charge in [-0.15, -0.1) is 0 Å². The maximum absolute atomic E-state index is 13.0. The van der Waals surface area contributed by atoms with Crippen molar-refractivity contribution < 1.29 is 14.7 Å². The zero-order chi connectivity index (χ0) is 18.7. The average Bonchev–Trinajstić information content (AvgIpc) is 2.71. The molecule has 1 heterocycles. The van der Waals surface area contributed by atoms with E-state index in [1.165, 1.54) is 0 Å². The van der Waals surface area contributed by atoms with Crippen molar-refractivity contribution in [3.8, 4) is 0 Å². The van der Waals surface area contributed by atoms with Gasteiger partial charge >= 0.3 is 5.97 Å². The topological polar surface area (TPSA) is 86.9 Å². The molecule has 1 amide bonds. The van der Waals surface area contributed by atoms with Crippen LogP contribution in [0, 0.1) is 0 Å². The molecule has 3 rings (SSSR count). The summed E-state index contributed by atoms with van der Waals surface area (Å²) in [4.78, 5) is 27.6. The Bertz CT molecular complexity index is 862. The first-order valence-electron chi connectivity index (χ1n) is 8.36. The number of aliphatic carboxylic acids is 1. The summed E-state index contributed by atoms with van der Waals surface area (Å²) in [6, 6.07) is 15.0. The number of benzene rings is 2. The Labute approximate surface area is 152 Å². The van der Waals surface area contributed by atoms with Crippen LogP contribution in [0.25, 0.3) is 0 Å². The molecule has 0 radical (unpaired) electrons. The van der Waals surface area contributed by atoms with E-state index in [2.05, 4.69) is 0 Å². The maximum Gasteiger partial charge on any atom is 0.309 e. The van der Waals surface area contributed by atoms with Crippen LogP contribution in [0.1, 0.15) is 22.3 Å². The molecule has 0 atom stereocenters. The Kier molecular flexibility index (Phi) is 4.93. The van der Waals surface area contributed by atoms with E-state index in [0.717, 1.165) is 5.56 Å². The smallest absolute Gasteiger partial charge is 0.309 e. The largest absolute Gasteiger partial charge is 0.481 e. The number of carbonyl (C=O) groups is 2. The first-order chi connectivity index (χ1) is 12.5. The number of nitrogens with zero attached hydrogens (tertiary/aromatic N) is 2. The second kappa shape index (κ2) is 7.31. The summed E-state index contributed by atoms with van der Waals surface area (Å²) in [6.07, 6.45) is 2.13. The minimum absolute atomic E-state index is 0.171. The van der Waals surface area contributed by atoms with Gasteiger partial charge in [0.25, 0.3) is 5.91 Å². The number of carboxylic acid groups (broad SMARTS) is 1.